The first-order chi connectivity index (χ1) is 7.77. The normalized spacial score (nSPS) is 20.8. The average molecular weight is 223 g/mol. The molecule has 0 spiro atoms. The number of rotatable bonds is 5. The molecule has 2 heterocycles. The predicted molar refractivity (Wildman–Crippen MR) is 63.3 cm³/mol. The lowest BCUT2D eigenvalue weighted by Gasteiger charge is -2.14. The van der Waals surface area contributed by atoms with E-state index in [0.29, 0.717) is 12.1 Å². The van der Waals surface area contributed by atoms with Gasteiger partial charge in [0.2, 0.25) is 0 Å². The Morgan fingerprint density at radius 1 is 1.62 bits per heavy atom. The van der Waals surface area contributed by atoms with Gasteiger partial charge < -0.3 is 14.6 Å². The molecular formula is C12H21N3O. The van der Waals surface area contributed by atoms with Gasteiger partial charge in [-0.05, 0) is 26.7 Å². The SMILES string of the molecule is CC(C)n1cncc1CNCC1CCCO1. The van der Waals surface area contributed by atoms with Crippen LogP contribution >= 0.6 is 0 Å². The Balaban J connectivity index is 1.78. The van der Waals surface area contributed by atoms with Crippen molar-refractivity contribution in [3.63, 3.8) is 0 Å². The largest absolute Gasteiger partial charge is 0.377 e. The van der Waals surface area contributed by atoms with E-state index in [9.17, 15) is 0 Å². The zero-order valence-corrected chi connectivity index (χ0v) is 10.1. The van der Waals surface area contributed by atoms with E-state index in [-0.39, 0.29) is 0 Å². The molecule has 1 fully saturated rings. The maximum Gasteiger partial charge on any atom is 0.0951 e. The van der Waals surface area contributed by atoms with Crippen LogP contribution in [0.5, 0.6) is 0 Å². The van der Waals surface area contributed by atoms with Crippen molar-refractivity contribution in [2.45, 2.75) is 45.4 Å². The fourth-order valence-corrected chi connectivity index (χ4v) is 2.10. The van der Waals surface area contributed by atoms with Crippen LogP contribution in [-0.2, 0) is 11.3 Å². The van der Waals surface area contributed by atoms with Crippen molar-refractivity contribution in [2.75, 3.05) is 13.2 Å². The van der Waals surface area contributed by atoms with Crippen LogP contribution in [0.1, 0.15) is 38.4 Å². The summed E-state index contributed by atoms with van der Waals surface area (Å²) in [5.41, 5.74) is 1.24. The molecule has 1 aliphatic heterocycles. The number of hydrogen-bond donors (Lipinski definition) is 1. The second kappa shape index (κ2) is 5.46. The summed E-state index contributed by atoms with van der Waals surface area (Å²) in [6.45, 7) is 7.09. The number of nitrogens with one attached hydrogen (secondary N) is 1. The van der Waals surface area contributed by atoms with Crippen LogP contribution in [0.25, 0.3) is 0 Å². The van der Waals surface area contributed by atoms with Crippen molar-refractivity contribution < 1.29 is 4.74 Å². The Morgan fingerprint density at radius 2 is 2.50 bits per heavy atom. The van der Waals surface area contributed by atoms with Crippen molar-refractivity contribution in [3.05, 3.63) is 18.2 Å². The molecule has 1 aromatic heterocycles. The molecule has 4 heteroatoms. The summed E-state index contributed by atoms with van der Waals surface area (Å²) in [4.78, 5) is 4.19. The van der Waals surface area contributed by atoms with Gasteiger partial charge >= 0.3 is 0 Å². The van der Waals surface area contributed by atoms with E-state index >= 15 is 0 Å². The molecule has 0 radical (unpaired) electrons. The van der Waals surface area contributed by atoms with Crippen LogP contribution in [0.2, 0.25) is 0 Å². The highest BCUT2D eigenvalue weighted by Crippen LogP contribution is 2.11. The average Bonchev–Trinajstić information content (AvgIpc) is 2.87. The van der Waals surface area contributed by atoms with E-state index < -0.39 is 0 Å². The molecular weight excluding hydrogens is 202 g/mol. The van der Waals surface area contributed by atoms with Crippen LogP contribution in [0.15, 0.2) is 12.5 Å². The van der Waals surface area contributed by atoms with Gasteiger partial charge in [0.15, 0.2) is 0 Å². The fraction of sp³-hybridized carbons (Fsp3) is 0.750. The molecule has 0 amide bonds. The van der Waals surface area contributed by atoms with Gasteiger partial charge in [-0.15, -0.1) is 0 Å². The van der Waals surface area contributed by atoms with Gasteiger partial charge in [0, 0.05) is 31.9 Å². The highest BCUT2D eigenvalue weighted by Gasteiger charge is 2.14. The Bertz CT molecular complexity index is 316. The molecule has 0 aliphatic carbocycles. The Kier molecular flexibility index (Phi) is 3.96. The third kappa shape index (κ3) is 2.83. The van der Waals surface area contributed by atoms with Gasteiger partial charge in [-0.3, -0.25) is 0 Å². The number of aromatic nitrogens is 2. The van der Waals surface area contributed by atoms with Crippen molar-refractivity contribution in [2.24, 2.45) is 0 Å². The summed E-state index contributed by atoms with van der Waals surface area (Å²) in [5, 5.41) is 3.44. The summed E-state index contributed by atoms with van der Waals surface area (Å²) >= 11 is 0. The van der Waals surface area contributed by atoms with Gasteiger partial charge in [-0.2, -0.15) is 0 Å². The zero-order valence-electron chi connectivity index (χ0n) is 10.1. The molecule has 1 N–H and O–H groups in total. The Hall–Kier alpha value is -0.870. The molecule has 1 atom stereocenters. The molecule has 0 aromatic carbocycles. The molecule has 16 heavy (non-hydrogen) atoms. The van der Waals surface area contributed by atoms with Gasteiger partial charge in [0.25, 0.3) is 0 Å². The van der Waals surface area contributed by atoms with Gasteiger partial charge in [-0.25, -0.2) is 4.98 Å². The molecule has 1 aromatic rings. The van der Waals surface area contributed by atoms with Gasteiger partial charge in [0.1, 0.15) is 0 Å². The lowest BCUT2D eigenvalue weighted by atomic mass is 10.2. The molecule has 1 unspecified atom stereocenters. The molecule has 1 saturated heterocycles. The highest BCUT2D eigenvalue weighted by atomic mass is 16.5. The van der Waals surface area contributed by atoms with Crippen LogP contribution in [0.4, 0.5) is 0 Å². The molecule has 0 saturated carbocycles. The van der Waals surface area contributed by atoms with E-state index in [1.807, 2.05) is 12.5 Å². The Labute approximate surface area is 97.0 Å². The maximum atomic E-state index is 5.57. The van der Waals surface area contributed by atoms with Crippen LogP contribution < -0.4 is 5.32 Å². The van der Waals surface area contributed by atoms with E-state index in [2.05, 4.69) is 28.7 Å². The van der Waals surface area contributed by atoms with Crippen molar-refractivity contribution >= 4 is 0 Å². The second-order valence-corrected chi connectivity index (χ2v) is 4.65. The monoisotopic (exact) mass is 223 g/mol. The summed E-state index contributed by atoms with van der Waals surface area (Å²) in [6, 6.07) is 0.474. The minimum Gasteiger partial charge on any atom is -0.377 e. The quantitative estimate of drug-likeness (QED) is 0.826. The van der Waals surface area contributed by atoms with Crippen molar-refractivity contribution in [1.82, 2.24) is 14.9 Å². The molecule has 90 valence electrons. The summed E-state index contributed by atoms with van der Waals surface area (Å²) in [7, 11) is 0. The van der Waals surface area contributed by atoms with Crippen LogP contribution in [0, 0.1) is 0 Å². The molecule has 0 bridgehead atoms. The molecule has 4 nitrogen and oxygen atoms in total. The van der Waals surface area contributed by atoms with E-state index in [1.165, 1.54) is 18.5 Å². The summed E-state index contributed by atoms with van der Waals surface area (Å²) < 4.78 is 7.76. The minimum absolute atomic E-state index is 0.412. The topological polar surface area (TPSA) is 39.1 Å². The van der Waals surface area contributed by atoms with Crippen LogP contribution in [0.3, 0.4) is 0 Å². The highest BCUT2D eigenvalue weighted by molar-refractivity contribution is 4.99. The first-order valence-corrected chi connectivity index (χ1v) is 6.10. The molecule has 1 aliphatic rings. The maximum absolute atomic E-state index is 5.57. The number of hydrogen-bond acceptors (Lipinski definition) is 3. The standard InChI is InChI=1S/C12H21N3O/c1-10(2)15-9-14-7-11(15)6-13-8-12-4-3-5-16-12/h7,9-10,12-13H,3-6,8H2,1-2H3. The predicted octanol–water partition coefficient (Wildman–Crippen LogP) is 1.73. The third-order valence-electron chi connectivity index (χ3n) is 3.00. The fourth-order valence-electron chi connectivity index (χ4n) is 2.10. The first kappa shape index (κ1) is 11.6. The smallest absolute Gasteiger partial charge is 0.0951 e. The van der Waals surface area contributed by atoms with Gasteiger partial charge in [0.05, 0.1) is 18.1 Å². The number of ether oxygens (including phenoxy) is 1. The van der Waals surface area contributed by atoms with Crippen molar-refractivity contribution in [3.8, 4) is 0 Å². The van der Waals surface area contributed by atoms with E-state index in [0.717, 1.165) is 19.7 Å². The minimum atomic E-state index is 0.412. The summed E-state index contributed by atoms with van der Waals surface area (Å²) in [6.07, 6.45) is 6.64. The van der Waals surface area contributed by atoms with Crippen LogP contribution in [-0.4, -0.2) is 28.8 Å². The zero-order chi connectivity index (χ0) is 11.4. The van der Waals surface area contributed by atoms with E-state index in [1.54, 1.807) is 0 Å². The van der Waals surface area contributed by atoms with E-state index in [4.69, 9.17) is 4.74 Å². The number of nitrogens with zero attached hydrogens (tertiary/aromatic N) is 2. The Morgan fingerprint density at radius 3 is 3.19 bits per heavy atom. The van der Waals surface area contributed by atoms with Gasteiger partial charge in [-0.1, -0.05) is 0 Å². The number of imidazole rings is 1. The lowest BCUT2D eigenvalue weighted by molar-refractivity contribution is 0.110. The third-order valence-corrected chi connectivity index (χ3v) is 3.00. The molecule has 2 rings (SSSR count). The second-order valence-electron chi connectivity index (χ2n) is 4.65. The summed E-state index contributed by atoms with van der Waals surface area (Å²) in [5.74, 6) is 0. The van der Waals surface area contributed by atoms with Crippen molar-refractivity contribution in [1.29, 1.82) is 0 Å². The first-order valence-electron chi connectivity index (χ1n) is 6.10. The lowest BCUT2D eigenvalue weighted by Crippen LogP contribution is -2.26.